The van der Waals surface area contributed by atoms with Crippen molar-refractivity contribution in [2.24, 2.45) is 0 Å². The summed E-state index contributed by atoms with van der Waals surface area (Å²) in [5.74, 6) is -0.361. The maximum Gasteiger partial charge on any atom is 0.494 e. The monoisotopic (exact) mass is 406 g/mol. The van der Waals surface area contributed by atoms with E-state index in [0.717, 1.165) is 22.1 Å². The normalized spacial score (nSPS) is 17.5. The number of fused-ring (bicyclic) bond motifs is 1. The number of ether oxygens (including phenoxy) is 1. The summed E-state index contributed by atoms with van der Waals surface area (Å²) in [6, 6.07) is 11.7. The lowest BCUT2D eigenvalue weighted by atomic mass is 9.78. The Kier molecular flexibility index (Phi) is 4.99. The van der Waals surface area contributed by atoms with Crippen molar-refractivity contribution in [1.29, 1.82) is 0 Å². The first-order valence-corrected chi connectivity index (χ1v) is 10.1. The van der Waals surface area contributed by atoms with E-state index in [0.29, 0.717) is 12.1 Å². The fourth-order valence-corrected chi connectivity index (χ4v) is 3.64. The van der Waals surface area contributed by atoms with Gasteiger partial charge >= 0.3 is 13.1 Å². The average molecular weight is 406 g/mol. The smallest absolute Gasteiger partial charge is 0.465 e. The van der Waals surface area contributed by atoms with E-state index in [4.69, 9.17) is 14.0 Å². The van der Waals surface area contributed by atoms with Crippen LogP contribution in [-0.4, -0.2) is 41.0 Å². The van der Waals surface area contributed by atoms with E-state index < -0.39 is 0 Å². The van der Waals surface area contributed by atoms with Gasteiger partial charge in [0.15, 0.2) is 0 Å². The Labute approximate surface area is 177 Å². The topological polar surface area (TPSA) is 62.6 Å². The number of imidazole rings is 1. The molecule has 0 saturated carbocycles. The number of benzene rings is 2. The number of carbonyl (C=O) groups is 1. The Morgan fingerprint density at radius 3 is 2.43 bits per heavy atom. The maximum atomic E-state index is 11.7. The molecular weight excluding hydrogens is 379 g/mol. The number of methoxy groups -OCH3 is 1. The molecule has 0 radical (unpaired) electrons. The zero-order valence-electron chi connectivity index (χ0n) is 18.4. The van der Waals surface area contributed by atoms with Gasteiger partial charge in [-0.05, 0) is 69.4 Å². The van der Waals surface area contributed by atoms with Crippen molar-refractivity contribution < 1.29 is 18.8 Å². The standard InChI is InChI=1S/C23H27BN2O4/c1-15-11-18(24-29-22(2,3)23(4,5)30-24)9-7-17(15)13-26-14-25-19-12-16(21(27)28-6)8-10-20(19)26/h7-12,14H,13H2,1-6H3. The second-order valence-electron chi connectivity index (χ2n) is 8.84. The maximum absolute atomic E-state index is 11.7. The van der Waals surface area contributed by atoms with Crippen LogP contribution in [0.4, 0.5) is 0 Å². The minimum Gasteiger partial charge on any atom is -0.465 e. The van der Waals surface area contributed by atoms with E-state index in [1.807, 2.05) is 6.07 Å². The molecule has 0 spiro atoms. The molecule has 4 rings (SSSR count). The Bertz CT molecular complexity index is 1100. The third kappa shape index (κ3) is 3.52. The molecule has 7 heteroatoms. The lowest BCUT2D eigenvalue weighted by molar-refractivity contribution is 0.00578. The molecule has 0 N–H and O–H groups in total. The van der Waals surface area contributed by atoms with Gasteiger partial charge < -0.3 is 18.6 Å². The van der Waals surface area contributed by atoms with Gasteiger partial charge in [-0.3, -0.25) is 0 Å². The molecule has 0 atom stereocenters. The van der Waals surface area contributed by atoms with Gasteiger partial charge in [-0.25, -0.2) is 9.78 Å². The fraction of sp³-hybridized carbons (Fsp3) is 0.391. The van der Waals surface area contributed by atoms with Crippen molar-refractivity contribution in [3.05, 3.63) is 59.4 Å². The molecule has 1 fully saturated rings. The number of hydrogen-bond acceptors (Lipinski definition) is 5. The Morgan fingerprint density at radius 2 is 1.80 bits per heavy atom. The van der Waals surface area contributed by atoms with Crippen molar-refractivity contribution >= 4 is 29.6 Å². The first-order valence-electron chi connectivity index (χ1n) is 10.1. The lowest BCUT2D eigenvalue weighted by Crippen LogP contribution is -2.41. The third-order valence-corrected chi connectivity index (χ3v) is 6.27. The average Bonchev–Trinajstić information content (AvgIpc) is 3.19. The van der Waals surface area contributed by atoms with Crippen LogP contribution >= 0.6 is 0 Å². The fourth-order valence-electron chi connectivity index (χ4n) is 3.64. The molecule has 1 aliphatic heterocycles. The molecular formula is C23H27BN2O4. The molecule has 6 nitrogen and oxygen atoms in total. The van der Waals surface area contributed by atoms with E-state index in [1.54, 1.807) is 18.5 Å². The zero-order valence-corrected chi connectivity index (χ0v) is 18.4. The predicted molar refractivity (Wildman–Crippen MR) is 117 cm³/mol. The quantitative estimate of drug-likeness (QED) is 0.491. The molecule has 0 aliphatic carbocycles. The van der Waals surface area contributed by atoms with E-state index in [2.05, 4.69) is 62.4 Å². The molecule has 1 aliphatic rings. The highest BCUT2D eigenvalue weighted by Gasteiger charge is 2.51. The van der Waals surface area contributed by atoms with Gasteiger partial charge in [-0.1, -0.05) is 18.2 Å². The second kappa shape index (κ2) is 7.25. The van der Waals surface area contributed by atoms with E-state index in [1.165, 1.54) is 12.7 Å². The van der Waals surface area contributed by atoms with Gasteiger partial charge in [0.25, 0.3) is 0 Å². The van der Waals surface area contributed by atoms with Crippen LogP contribution in [0.3, 0.4) is 0 Å². The van der Waals surface area contributed by atoms with Crippen LogP contribution in [0.25, 0.3) is 11.0 Å². The van der Waals surface area contributed by atoms with Crippen LogP contribution < -0.4 is 5.46 Å². The van der Waals surface area contributed by atoms with Gasteiger partial charge in [-0.2, -0.15) is 0 Å². The van der Waals surface area contributed by atoms with Crippen molar-refractivity contribution in [2.45, 2.75) is 52.4 Å². The Hall–Kier alpha value is -2.64. The number of aromatic nitrogens is 2. The Morgan fingerprint density at radius 1 is 1.10 bits per heavy atom. The summed E-state index contributed by atoms with van der Waals surface area (Å²) < 4.78 is 19.2. The van der Waals surface area contributed by atoms with E-state index >= 15 is 0 Å². The number of nitrogens with zero attached hydrogens (tertiary/aromatic N) is 2. The molecule has 2 aromatic carbocycles. The minimum absolute atomic E-state index is 0.358. The molecule has 3 aromatic rings. The predicted octanol–water partition coefficient (Wildman–Crippen LogP) is 3.48. The Balaban J connectivity index is 1.57. The lowest BCUT2D eigenvalue weighted by Gasteiger charge is -2.32. The first kappa shape index (κ1) is 20.6. The molecule has 1 saturated heterocycles. The molecule has 156 valence electrons. The highest BCUT2D eigenvalue weighted by Crippen LogP contribution is 2.36. The summed E-state index contributed by atoms with van der Waals surface area (Å²) in [6.45, 7) is 11.0. The number of aryl methyl sites for hydroxylation is 1. The van der Waals surface area contributed by atoms with Gasteiger partial charge in [0.05, 0.1) is 41.2 Å². The summed E-state index contributed by atoms with van der Waals surface area (Å²) in [7, 11) is 1.01. The molecule has 0 unspecified atom stereocenters. The van der Waals surface area contributed by atoms with Crippen LogP contribution in [0.5, 0.6) is 0 Å². The van der Waals surface area contributed by atoms with E-state index in [-0.39, 0.29) is 24.3 Å². The van der Waals surface area contributed by atoms with Crippen LogP contribution in [-0.2, 0) is 20.6 Å². The summed E-state index contributed by atoms with van der Waals surface area (Å²) in [6.07, 6.45) is 1.80. The highest BCUT2D eigenvalue weighted by molar-refractivity contribution is 6.62. The molecule has 1 aromatic heterocycles. The number of hydrogen-bond donors (Lipinski definition) is 0. The SMILES string of the molecule is COC(=O)c1ccc2c(c1)ncn2Cc1ccc(B2OC(C)(C)C(C)(C)O2)cc1C. The summed E-state index contributed by atoms with van der Waals surface area (Å²) in [5, 5.41) is 0. The second-order valence-corrected chi connectivity index (χ2v) is 8.84. The number of rotatable bonds is 4. The largest absolute Gasteiger partial charge is 0.494 e. The summed E-state index contributed by atoms with van der Waals surface area (Å²) >= 11 is 0. The van der Waals surface area contributed by atoms with Gasteiger partial charge in [0.2, 0.25) is 0 Å². The van der Waals surface area contributed by atoms with Crippen molar-refractivity contribution in [3.8, 4) is 0 Å². The summed E-state index contributed by atoms with van der Waals surface area (Å²) in [5.41, 5.74) is 4.89. The molecule has 0 amide bonds. The van der Waals surface area contributed by atoms with Crippen LogP contribution in [0.15, 0.2) is 42.7 Å². The molecule has 2 heterocycles. The van der Waals surface area contributed by atoms with Crippen LogP contribution in [0.1, 0.15) is 49.2 Å². The van der Waals surface area contributed by atoms with Crippen LogP contribution in [0.2, 0.25) is 0 Å². The number of carbonyl (C=O) groups excluding carboxylic acids is 1. The van der Waals surface area contributed by atoms with Crippen LogP contribution in [0, 0.1) is 6.92 Å². The minimum atomic E-state index is -0.367. The van der Waals surface area contributed by atoms with Gasteiger partial charge in [0.1, 0.15) is 0 Å². The van der Waals surface area contributed by atoms with Crippen molar-refractivity contribution in [1.82, 2.24) is 9.55 Å². The third-order valence-electron chi connectivity index (χ3n) is 6.27. The first-order chi connectivity index (χ1) is 14.1. The zero-order chi connectivity index (χ0) is 21.7. The number of esters is 1. The molecule has 0 bridgehead atoms. The van der Waals surface area contributed by atoms with E-state index in [9.17, 15) is 4.79 Å². The van der Waals surface area contributed by atoms with Crippen molar-refractivity contribution in [3.63, 3.8) is 0 Å². The highest BCUT2D eigenvalue weighted by atomic mass is 16.7. The molecule has 30 heavy (non-hydrogen) atoms. The van der Waals surface area contributed by atoms with Gasteiger partial charge in [-0.15, -0.1) is 0 Å². The van der Waals surface area contributed by atoms with Crippen molar-refractivity contribution in [2.75, 3.05) is 7.11 Å². The summed E-state index contributed by atoms with van der Waals surface area (Å²) in [4.78, 5) is 16.2. The van der Waals surface area contributed by atoms with Gasteiger partial charge in [0, 0.05) is 6.54 Å².